The van der Waals surface area contributed by atoms with Crippen LogP contribution in [0.3, 0.4) is 0 Å². The molecule has 1 aromatic carbocycles. The average molecular weight is 390 g/mol. The summed E-state index contributed by atoms with van der Waals surface area (Å²) in [7, 11) is -3.71. The summed E-state index contributed by atoms with van der Waals surface area (Å²) in [6, 6.07) is 6.39. The molecule has 10 heteroatoms. The number of aryl methyl sites for hydroxylation is 2. The molecule has 2 aromatic heterocycles. The third kappa shape index (κ3) is 3.45. The van der Waals surface area contributed by atoms with Gasteiger partial charge in [-0.3, -0.25) is 4.98 Å². The highest BCUT2D eigenvalue weighted by Gasteiger charge is 2.34. The van der Waals surface area contributed by atoms with E-state index in [9.17, 15) is 13.2 Å². The highest BCUT2D eigenvalue weighted by Crippen LogP contribution is 2.25. The minimum Gasteiger partial charge on any atom is -0.459 e. The van der Waals surface area contributed by atoms with Gasteiger partial charge in [-0.1, -0.05) is 0 Å². The molecule has 1 N–H and O–H groups in total. The number of H-pyrrole nitrogens is 1. The second kappa shape index (κ2) is 6.46. The summed E-state index contributed by atoms with van der Waals surface area (Å²) in [5.74, 6) is -0.623. The van der Waals surface area contributed by atoms with Crippen LogP contribution in [0.1, 0.15) is 17.8 Å². The van der Waals surface area contributed by atoms with E-state index in [1.54, 1.807) is 0 Å². The number of nitrogens with one attached hydrogen (secondary N) is 1. The Kier molecular flexibility index (Phi) is 4.23. The Balaban J connectivity index is 1.53. The number of rotatable bonds is 4. The normalized spacial score (nSPS) is 18.2. The maximum Gasteiger partial charge on any atom is 0.417 e. The number of fused-ring (bicyclic) bond motifs is 1. The molecule has 0 aliphatic carbocycles. The molecule has 1 unspecified atom stereocenters. The molecular weight excluding hydrogens is 372 g/mol. The van der Waals surface area contributed by atoms with Gasteiger partial charge in [0.15, 0.2) is 5.58 Å². The predicted octanol–water partition coefficient (Wildman–Crippen LogP) is 1.37. The van der Waals surface area contributed by atoms with Crippen LogP contribution in [0.5, 0.6) is 6.01 Å². The second-order valence-corrected chi connectivity index (χ2v) is 8.44. The number of oxazole rings is 1. The maximum atomic E-state index is 12.9. The van der Waals surface area contributed by atoms with Crippen molar-refractivity contribution in [2.45, 2.75) is 31.3 Å². The summed E-state index contributed by atoms with van der Waals surface area (Å²) < 4.78 is 37.9. The Morgan fingerprint density at radius 2 is 1.96 bits per heavy atom. The fourth-order valence-electron chi connectivity index (χ4n) is 3.15. The summed E-state index contributed by atoms with van der Waals surface area (Å²) in [6.07, 6.45) is 0.221. The van der Waals surface area contributed by atoms with Crippen LogP contribution in [0.2, 0.25) is 0 Å². The Bertz CT molecular complexity index is 1150. The summed E-state index contributed by atoms with van der Waals surface area (Å²) in [5.41, 5.74) is 2.25. The third-order valence-electron chi connectivity index (χ3n) is 4.37. The van der Waals surface area contributed by atoms with Gasteiger partial charge in [0, 0.05) is 17.9 Å². The van der Waals surface area contributed by atoms with Crippen molar-refractivity contribution < 1.29 is 17.6 Å². The Labute approximate surface area is 155 Å². The van der Waals surface area contributed by atoms with E-state index >= 15 is 0 Å². The number of hydrogen-bond donors (Lipinski definition) is 1. The molecule has 1 aliphatic rings. The van der Waals surface area contributed by atoms with Crippen molar-refractivity contribution in [3.05, 3.63) is 46.2 Å². The van der Waals surface area contributed by atoms with E-state index in [2.05, 4.69) is 15.0 Å². The monoisotopic (exact) mass is 390 g/mol. The number of nitrogens with zero attached hydrogens (tertiary/aromatic N) is 3. The third-order valence-corrected chi connectivity index (χ3v) is 6.23. The first-order valence-corrected chi connectivity index (χ1v) is 9.87. The molecule has 9 nitrogen and oxygen atoms in total. The molecule has 3 aromatic rings. The average Bonchev–Trinajstić information content (AvgIpc) is 3.18. The first-order valence-electron chi connectivity index (χ1n) is 8.43. The molecular formula is C17H18N4O5S. The van der Waals surface area contributed by atoms with Crippen molar-refractivity contribution >= 4 is 21.1 Å². The standard InChI is InChI=1S/C17H18N4O5S/c1-10-7-11(2)19-16(18-10)25-12-5-6-21(9-12)27(23,24)13-3-4-15-14(8-13)20-17(22)26-15/h3-4,7-8,12H,5-6,9H2,1-2H3,(H,20,22). The number of aromatic nitrogens is 3. The Morgan fingerprint density at radius 1 is 1.22 bits per heavy atom. The van der Waals surface area contributed by atoms with Crippen LogP contribution in [-0.2, 0) is 10.0 Å². The lowest BCUT2D eigenvalue weighted by Crippen LogP contribution is -2.31. The summed E-state index contributed by atoms with van der Waals surface area (Å²) in [4.78, 5) is 22.3. The van der Waals surface area contributed by atoms with E-state index in [0.29, 0.717) is 24.1 Å². The SMILES string of the molecule is Cc1cc(C)nc(OC2CCN(S(=O)(=O)c3ccc4oc(=O)[nH]c4c3)C2)n1. The molecule has 0 bridgehead atoms. The Hall–Kier alpha value is -2.72. The van der Waals surface area contributed by atoms with Crippen LogP contribution < -0.4 is 10.5 Å². The predicted molar refractivity (Wildman–Crippen MR) is 96.1 cm³/mol. The second-order valence-electron chi connectivity index (χ2n) is 6.50. The van der Waals surface area contributed by atoms with Crippen molar-refractivity contribution in [2.24, 2.45) is 0 Å². The van der Waals surface area contributed by atoms with Crippen molar-refractivity contribution in [2.75, 3.05) is 13.1 Å². The zero-order valence-electron chi connectivity index (χ0n) is 14.8. The molecule has 1 aliphatic heterocycles. The van der Waals surface area contributed by atoms with Crippen LogP contribution in [0.25, 0.3) is 11.1 Å². The van der Waals surface area contributed by atoms with Gasteiger partial charge in [0.2, 0.25) is 10.0 Å². The minimum atomic E-state index is -3.71. The Morgan fingerprint density at radius 3 is 2.70 bits per heavy atom. The van der Waals surface area contributed by atoms with Gasteiger partial charge in [-0.05, 0) is 44.5 Å². The maximum absolute atomic E-state index is 12.9. The number of sulfonamides is 1. The van der Waals surface area contributed by atoms with E-state index in [1.165, 1.54) is 22.5 Å². The van der Waals surface area contributed by atoms with Crippen molar-refractivity contribution in [1.82, 2.24) is 19.3 Å². The molecule has 1 atom stereocenters. The van der Waals surface area contributed by atoms with E-state index in [-0.39, 0.29) is 23.6 Å². The van der Waals surface area contributed by atoms with Gasteiger partial charge >= 0.3 is 11.8 Å². The van der Waals surface area contributed by atoms with Crippen LogP contribution in [0.4, 0.5) is 0 Å². The van der Waals surface area contributed by atoms with Gasteiger partial charge in [0.05, 0.1) is 17.0 Å². The fraction of sp³-hybridized carbons (Fsp3) is 0.353. The first-order chi connectivity index (χ1) is 12.8. The van der Waals surface area contributed by atoms with E-state index in [1.807, 2.05) is 19.9 Å². The van der Waals surface area contributed by atoms with Crippen LogP contribution in [-0.4, -0.2) is 46.9 Å². The molecule has 0 amide bonds. The van der Waals surface area contributed by atoms with Crippen molar-refractivity contribution in [3.8, 4) is 6.01 Å². The smallest absolute Gasteiger partial charge is 0.417 e. The topological polar surface area (TPSA) is 118 Å². The lowest BCUT2D eigenvalue weighted by atomic mass is 10.3. The number of hydrogen-bond acceptors (Lipinski definition) is 7. The first kappa shape index (κ1) is 17.7. The lowest BCUT2D eigenvalue weighted by Gasteiger charge is -2.17. The molecule has 3 heterocycles. The lowest BCUT2D eigenvalue weighted by molar-refractivity contribution is 0.197. The van der Waals surface area contributed by atoms with Crippen LogP contribution >= 0.6 is 0 Å². The minimum absolute atomic E-state index is 0.0929. The van der Waals surface area contributed by atoms with E-state index in [4.69, 9.17) is 9.15 Å². The molecule has 0 spiro atoms. The molecule has 4 rings (SSSR count). The summed E-state index contributed by atoms with van der Waals surface area (Å²) in [5, 5.41) is 0. The van der Waals surface area contributed by atoms with Gasteiger partial charge in [-0.2, -0.15) is 4.31 Å². The van der Waals surface area contributed by atoms with Gasteiger partial charge in [0.1, 0.15) is 6.10 Å². The molecule has 0 saturated carbocycles. The zero-order chi connectivity index (χ0) is 19.2. The molecule has 1 fully saturated rings. The molecule has 1 saturated heterocycles. The van der Waals surface area contributed by atoms with E-state index in [0.717, 1.165) is 11.4 Å². The quantitative estimate of drug-likeness (QED) is 0.715. The largest absolute Gasteiger partial charge is 0.459 e. The van der Waals surface area contributed by atoms with Gasteiger partial charge in [0.25, 0.3) is 0 Å². The van der Waals surface area contributed by atoms with Crippen LogP contribution in [0, 0.1) is 13.8 Å². The van der Waals surface area contributed by atoms with Gasteiger partial charge in [-0.25, -0.2) is 23.2 Å². The van der Waals surface area contributed by atoms with Crippen molar-refractivity contribution in [1.29, 1.82) is 0 Å². The molecule has 0 radical (unpaired) electrons. The van der Waals surface area contributed by atoms with Gasteiger partial charge < -0.3 is 9.15 Å². The number of ether oxygens (including phenoxy) is 1. The number of benzene rings is 1. The zero-order valence-corrected chi connectivity index (χ0v) is 15.6. The molecule has 27 heavy (non-hydrogen) atoms. The summed E-state index contributed by atoms with van der Waals surface area (Å²) >= 11 is 0. The van der Waals surface area contributed by atoms with E-state index < -0.39 is 15.8 Å². The fourth-order valence-corrected chi connectivity index (χ4v) is 4.66. The van der Waals surface area contributed by atoms with Crippen molar-refractivity contribution in [3.63, 3.8) is 0 Å². The van der Waals surface area contributed by atoms with Gasteiger partial charge in [-0.15, -0.1) is 0 Å². The molecule has 142 valence electrons. The van der Waals surface area contributed by atoms with Crippen LogP contribution in [0.15, 0.2) is 38.4 Å². The highest BCUT2D eigenvalue weighted by molar-refractivity contribution is 7.89. The summed E-state index contributed by atoms with van der Waals surface area (Å²) in [6.45, 7) is 4.24. The highest BCUT2D eigenvalue weighted by atomic mass is 32.2. The number of aromatic amines is 1.